The maximum Gasteiger partial charge on any atom is 0.268 e. The summed E-state index contributed by atoms with van der Waals surface area (Å²) in [5.74, 6) is -0.854. The number of anilines is 1. The first kappa shape index (κ1) is 32.3. The van der Waals surface area contributed by atoms with E-state index in [-0.39, 0.29) is 33.8 Å². The van der Waals surface area contributed by atoms with E-state index < -0.39 is 11.8 Å². The number of pyridine rings is 2. The van der Waals surface area contributed by atoms with E-state index in [2.05, 4.69) is 27.7 Å². The van der Waals surface area contributed by atoms with Crippen molar-refractivity contribution in [3.63, 3.8) is 0 Å². The Hall–Kier alpha value is -6.60. The van der Waals surface area contributed by atoms with E-state index in [1.165, 1.54) is 4.90 Å². The van der Waals surface area contributed by atoms with Crippen LogP contribution in [0, 0.1) is 0 Å². The van der Waals surface area contributed by atoms with Gasteiger partial charge in [-0.05, 0) is 83.6 Å². The first-order chi connectivity index (χ1) is 25.7. The van der Waals surface area contributed by atoms with Gasteiger partial charge in [-0.25, -0.2) is 4.90 Å². The highest BCUT2D eigenvalue weighted by Crippen LogP contribution is 2.43. The average Bonchev–Trinajstić information content (AvgIpc) is 3.44. The van der Waals surface area contributed by atoms with Gasteiger partial charge in [-0.2, -0.15) is 0 Å². The summed E-state index contributed by atoms with van der Waals surface area (Å²) in [6, 6.07) is 39.1. The molecule has 0 unspecified atom stereocenters. The van der Waals surface area contributed by atoms with Gasteiger partial charge in [-0.15, -0.1) is 0 Å². The first-order valence-electron chi connectivity index (χ1n) is 17.9. The van der Waals surface area contributed by atoms with E-state index in [4.69, 9.17) is 0 Å². The quantitative estimate of drug-likeness (QED) is 0.133. The number of para-hydroxylation sites is 5. The molecule has 0 aliphatic carbocycles. The van der Waals surface area contributed by atoms with Gasteiger partial charge in [-0.1, -0.05) is 94.4 Å². The molecule has 0 radical (unpaired) electrons. The Morgan fingerprint density at radius 3 is 1.04 bits per heavy atom. The summed E-state index contributed by atoms with van der Waals surface area (Å²) in [7, 11) is 0. The van der Waals surface area contributed by atoms with E-state index in [9.17, 15) is 9.59 Å². The number of benzene rings is 6. The van der Waals surface area contributed by atoms with E-state index in [1.807, 2.05) is 112 Å². The van der Waals surface area contributed by atoms with E-state index in [1.54, 1.807) is 24.3 Å². The molecule has 9 rings (SSSR count). The van der Waals surface area contributed by atoms with E-state index >= 15 is 9.59 Å². The molecule has 2 amide bonds. The third-order valence-corrected chi connectivity index (χ3v) is 10.6. The van der Waals surface area contributed by atoms with Crippen LogP contribution < -0.4 is 15.8 Å². The van der Waals surface area contributed by atoms with Crippen LogP contribution in [-0.4, -0.2) is 20.9 Å². The highest BCUT2D eigenvalue weighted by Gasteiger charge is 2.44. The molecule has 0 saturated heterocycles. The van der Waals surface area contributed by atoms with Gasteiger partial charge in [0.25, 0.3) is 11.8 Å². The smallest absolute Gasteiger partial charge is 0.268 e. The number of carbonyl (C=O) groups is 2. The summed E-state index contributed by atoms with van der Waals surface area (Å²) in [6.07, 6.45) is 0. The summed E-state index contributed by atoms with van der Waals surface area (Å²) >= 11 is 0. The van der Waals surface area contributed by atoms with Crippen molar-refractivity contribution < 1.29 is 9.59 Å². The zero-order valence-electron chi connectivity index (χ0n) is 29.8. The Kier molecular flexibility index (Phi) is 7.31. The Bertz CT molecular complexity index is 2690. The molecule has 1 aliphatic rings. The van der Waals surface area contributed by atoms with Crippen LogP contribution in [0.1, 0.15) is 71.4 Å². The fraction of sp³-hybridized carbons (Fsp3) is 0.130. The van der Waals surface area contributed by atoms with Crippen LogP contribution in [0.3, 0.4) is 0 Å². The number of aromatic nitrogens is 2. The Morgan fingerprint density at radius 1 is 0.396 bits per heavy atom. The highest BCUT2D eigenvalue weighted by molar-refractivity contribution is 6.37. The third kappa shape index (κ3) is 4.60. The molecule has 258 valence electrons. The number of carbonyl (C=O) groups excluding carboxylic acids is 2. The molecule has 1 aliphatic heterocycles. The predicted octanol–water partition coefficient (Wildman–Crippen LogP) is 9.65. The second-order valence-corrected chi connectivity index (χ2v) is 14.3. The number of imide groups is 1. The van der Waals surface area contributed by atoms with Crippen LogP contribution in [0.5, 0.6) is 0 Å². The standard InChI is InChI=1S/C46H35N3O4/c1-26(2)28-18-13-19-29(27(3)4)42(28)49-45(52)40-38(47-34-20-9-5-14-30(34)43(50)31-15-6-10-21-35(31)47)24-25-39(41(40)46(49)53)48-36-22-11-7-16-32(36)44(51)33-17-8-12-23-37(33)48/h5-27H,1-4H3. The minimum absolute atomic E-state index is 0.0191. The molecular weight excluding hydrogens is 659 g/mol. The zero-order chi connectivity index (χ0) is 36.7. The van der Waals surface area contributed by atoms with Crippen molar-refractivity contribution in [2.45, 2.75) is 39.5 Å². The largest absolute Gasteiger partial charge is 0.308 e. The van der Waals surface area contributed by atoms with Crippen molar-refractivity contribution >= 4 is 61.1 Å². The lowest BCUT2D eigenvalue weighted by atomic mass is 9.92. The van der Waals surface area contributed by atoms with Crippen molar-refractivity contribution in [1.29, 1.82) is 0 Å². The lowest BCUT2D eigenvalue weighted by Gasteiger charge is -2.25. The first-order valence-corrected chi connectivity index (χ1v) is 17.9. The zero-order valence-corrected chi connectivity index (χ0v) is 29.8. The second-order valence-electron chi connectivity index (χ2n) is 14.3. The summed E-state index contributed by atoms with van der Waals surface area (Å²) in [6.45, 7) is 8.26. The van der Waals surface area contributed by atoms with Crippen LogP contribution in [0.4, 0.5) is 5.69 Å². The van der Waals surface area contributed by atoms with Crippen LogP contribution in [-0.2, 0) is 0 Å². The van der Waals surface area contributed by atoms with Crippen LogP contribution >= 0.6 is 0 Å². The fourth-order valence-corrected chi connectivity index (χ4v) is 8.19. The normalized spacial score (nSPS) is 13.1. The molecule has 0 atom stereocenters. The predicted molar refractivity (Wildman–Crippen MR) is 213 cm³/mol. The fourth-order valence-electron chi connectivity index (χ4n) is 8.19. The van der Waals surface area contributed by atoms with E-state index in [0.717, 1.165) is 11.1 Å². The summed E-state index contributed by atoms with van der Waals surface area (Å²) < 4.78 is 3.87. The summed E-state index contributed by atoms with van der Waals surface area (Å²) in [5.41, 5.74) is 6.09. The Balaban J connectivity index is 1.47. The molecule has 0 spiro atoms. The van der Waals surface area contributed by atoms with Gasteiger partial charge in [0.2, 0.25) is 0 Å². The molecular formula is C46H35N3O4. The maximum atomic E-state index is 15.4. The minimum atomic E-state index is -0.446. The number of nitrogens with zero attached hydrogens (tertiary/aromatic N) is 3. The highest BCUT2D eigenvalue weighted by atomic mass is 16.2. The van der Waals surface area contributed by atoms with Gasteiger partial charge < -0.3 is 9.13 Å². The van der Waals surface area contributed by atoms with E-state index in [0.29, 0.717) is 60.7 Å². The molecule has 0 N–H and O–H groups in total. The monoisotopic (exact) mass is 693 g/mol. The van der Waals surface area contributed by atoms with Gasteiger partial charge in [0, 0.05) is 21.5 Å². The Morgan fingerprint density at radius 2 is 0.717 bits per heavy atom. The van der Waals surface area contributed by atoms with Crippen molar-refractivity contribution in [2.24, 2.45) is 0 Å². The molecule has 7 nitrogen and oxygen atoms in total. The molecule has 6 aromatic carbocycles. The number of hydrogen-bond acceptors (Lipinski definition) is 4. The lowest BCUT2D eigenvalue weighted by molar-refractivity contribution is 0.0925. The molecule has 7 heteroatoms. The van der Waals surface area contributed by atoms with Gasteiger partial charge in [0.05, 0.1) is 50.3 Å². The summed E-state index contributed by atoms with van der Waals surface area (Å²) in [4.78, 5) is 59.8. The molecule has 8 aromatic rings. The van der Waals surface area contributed by atoms with Gasteiger partial charge >= 0.3 is 0 Å². The average molecular weight is 694 g/mol. The van der Waals surface area contributed by atoms with Crippen LogP contribution in [0.25, 0.3) is 55.0 Å². The summed E-state index contributed by atoms with van der Waals surface area (Å²) in [5, 5.41) is 2.01. The molecule has 3 heterocycles. The second kappa shape index (κ2) is 12.0. The van der Waals surface area contributed by atoms with Gasteiger partial charge in [0.15, 0.2) is 10.9 Å². The number of hydrogen-bond donors (Lipinski definition) is 0. The van der Waals surface area contributed by atoms with Crippen LogP contribution in [0.2, 0.25) is 0 Å². The van der Waals surface area contributed by atoms with Crippen LogP contribution in [0.15, 0.2) is 137 Å². The van der Waals surface area contributed by atoms with Gasteiger partial charge in [-0.3, -0.25) is 19.2 Å². The lowest BCUT2D eigenvalue weighted by Crippen LogP contribution is -2.32. The van der Waals surface area contributed by atoms with Crippen molar-refractivity contribution in [3.8, 4) is 11.4 Å². The molecule has 53 heavy (non-hydrogen) atoms. The Labute approximate surface area is 305 Å². The number of fused-ring (bicyclic) bond motifs is 5. The van der Waals surface area contributed by atoms with Crippen molar-refractivity contribution in [3.05, 3.63) is 170 Å². The molecule has 0 fully saturated rings. The van der Waals surface area contributed by atoms with Gasteiger partial charge in [0.1, 0.15) is 0 Å². The maximum absolute atomic E-state index is 15.4. The topological polar surface area (TPSA) is 81.4 Å². The SMILES string of the molecule is CC(C)c1cccc(C(C)C)c1N1C(=O)c2c(-n3c4ccccc4c(=O)c4ccccc43)ccc(-n3c4ccccc4c(=O)c4ccccc43)c2C1=O. The molecule has 2 aromatic heterocycles. The third-order valence-electron chi connectivity index (χ3n) is 10.6. The van der Waals surface area contributed by atoms with Crippen molar-refractivity contribution in [2.75, 3.05) is 4.90 Å². The number of rotatable bonds is 5. The molecule has 0 bridgehead atoms. The van der Waals surface area contributed by atoms with Crippen molar-refractivity contribution in [1.82, 2.24) is 9.13 Å². The molecule has 0 saturated carbocycles. The minimum Gasteiger partial charge on any atom is -0.308 e. The number of amides is 2.